The van der Waals surface area contributed by atoms with Crippen molar-refractivity contribution in [2.45, 2.75) is 62.1 Å². The fraction of sp³-hybridized carbons (Fsp3) is 0.381. The zero-order valence-corrected chi connectivity index (χ0v) is 34.3. The lowest BCUT2D eigenvalue weighted by Crippen LogP contribution is -2.37. The first-order chi connectivity index (χ1) is 29.8. The second-order valence-electron chi connectivity index (χ2n) is 15.7. The molecule has 22 heteroatoms. The quantitative estimate of drug-likeness (QED) is 0.170. The first-order valence-electron chi connectivity index (χ1n) is 19.4. The summed E-state index contributed by atoms with van der Waals surface area (Å²) < 4.78 is 96.2. The van der Waals surface area contributed by atoms with E-state index in [-0.39, 0.29) is 60.3 Å². The lowest BCUT2D eigenvalue weighted by molar-refractivity contribution is -0.139. The molecule has 0 bridgehead atoms. The van der Waals surface area contributed by atoms with E-state index in [1.54, 1.807) is 26.2 Å². The number of primary amides is 2. The number of alkyl halides is 6. The lowest BCUT2D eigenvalue weighted by Gasteiger charge is -2.14. The van der Waals surface area contributed by atoms with Crippen LogP contribution in [0.15, 0.2) is 36.4 Å². The molecular formula is C42H38F6N8O8. The molecule has 0 spiro atoms. The van der Waals surface area contributed by atoms with Gasteiger partial charge < -0.3 is 41.0 Å². The van der Waals surface area contributed by atoms with Crippen molar-refractivity contribution in [3.8, 4) is 46.6 Å². The molecule has 2 aromatic carbocycles. The van der Waals surface area contributed by atoms with Crippen molar-refractivity contribution in [1.82, 2.24) is 29.4 Å². The largest absolute Gasteiger partial charge is 0.491 e. The number of likely N-dealkylation sites (N-methyl/N-ethyl adjacent to an activating group) is 2. The van der Waals surface area contributed by atoms with Gasteiger partial charge in [-0.25, -0.2) is 9.36 Å². The summed E-state index contributed by atoms with van der Waals surface area (Å²) in [6.07, 6.45) is -9.43. The molecule has 2 fully saturated rings. The van der Waals surface area contributed by atoms with Gasteiger partial charge in [-0.05, 0) is 36.4 Å². The minimum atomic E-state index is -4.85. The Morgan fingerprint density at radius 1 is 0.703 bits per heavy atom. The van der Waals surface area contributed by atoms with Crippen LogP contribution in [0.3, 0.4) is 0 Å². The molecule has 4 amide bonds. The average molecular weight is 897 g/mol. The highest BCUT2D eigenvalue weighted by atomic mass is 19.4. The number of amides is 4. The summed E-state index contributed by atoms with van der Waals surface area (Å²) in [6, 6.07) is 8.97. The molecular weight excluding hydrogens is 858 g/mol. The molecule has 64 heavy (non-hydrogen) atoms. The highest BCUT2D eigenvalue weighted by Crippen LogP contribution is 2.43. The van der Waals surface area contributed by atoms with E-state index in [0.29, 0.717) is 24.2 Å². The predicted octanol–water partition coefficient (Wildman–Crippen LogP) is 2.86. The second-order valence-corrected chi connectivity index (χ2v) is 15.7. The van der Waals surface area contributed by atoms with Gasteiger partial charge in [0.2, 0.25) is 11.2 Å². The van der Waals surface area contributed by atoms with Crippen LogP contribution in [0.2, 0.25) is 0 Å². The van der Waals surface area contributed by atoms with Crippen LogP contribution < -0.4 is 20.9 Å². The van der Waals surface area contributed by atoms with Gasteiger partial charge in [0, 0.05) is 63.0 Å². The molecule has 0 unspecified atom stereocenters. The van der Waals surface area contributed by atoms with E-state index in [0.717, 1.165) is 9.36 Å². The predicted molar refractivity (Wildman–Crippen MR) is 210 cm³/mol. The topological polar surface area (TPSA) is 221 Å². The Hall–Kier alpha value is -7.04. The van der Waals surface area contributed by atoms with Gasteiger partial charge in [-0.3, -0.25) is 19.2 Å². The van der Waals surface area contributed by atoms with Gasteiger partial charge in [0.05, 0.1) is 24.6 Å². The molecule has 16 nitrogen and oxygen atoms in total. The minimum absolute atomic E-state index is 0.0778. The summed E-state index contributed by atoms with van der Waals surface area (Å²) in [5, 5.41) is 28.7. The van der Waals surface area contributed by atoms with Crippen molar-refractivity contribution in [3.63, 3.8) is 0 Å². The number of hydrogen-bond donors (Lipinski definition) is 4. The molecule has 336 valence electrons. The summed E-state index contributed by atoms with van der Waals surface area (Å²) in [5.74, 6) is 5.88. The molecule has 4 aliphatic rings. The van der Waals surface area contributed by atoms with E-state index in [9.17, 15) is 55.7 Å². The van der Waals surface area contributed by atoms with Crippen molar-refractivity contribution in [3.05, 3.63) is 81.4 Å². The van der Waals surface area contributed by atoms with Crippen LogP contribution >= 0.6 is 0 Å². The van der Waals surface area contributed by atoms with Crippen LogP contribution in [0.4, 0.5) is 26.3 Å². The van der Waals surface area contributed by atoms with Gasteiger partial charge in [0.25, 0.3) is 23.6 Å². The fourth-order valence-electron chi connectivity index (χ4n) is 7.69. The van der Waals surface area contributed by atoms with E-state index < -0.39 is 81.5 Å². The summed E-state index contributed by atoms with van der Waals surface area (Å²) >= 11 is 0. The van der Waals surface area contributed by atoms with Crippen LogP contribution in [-0.4, -0.2) is 115 Å². The van der Waals surface area contributed by atoms with Crippen LogP contribution in [0.1, 0.15) is 93.1 Å². The standard InChI is InChI=1S/2C21H19F3N4O4/c2*1-11-10-32-14-4-3-12(5-6-20(31)7-8-27(2)19(20)30)9-13(14)28-17(11)15(21(22,23)24)16(26-28)18(25)29/h2*3-4,9,11,31H,7-8,10H2,1-2H3,(H2,25,29)/t11-,20+;11-,20-/m10/s1. The monoisotopic (exact) mass is 896 g/mol. The van der Waals surface area contributed by atoms with E-state index in [2.05, 4.69) is 33.9 Å². The zero-order chi connectivity index (χ0) is 46.8. The maximum Gasteiger partial charge on any atom is 0.420 e. The van der Waals surface area contributed by atoms with Crippen molar-refractivity contribution >= 4 is 23.6 Å². The third-order valence-electron chi connectivity index (χ3n) is 11.0. The first kappa shape index (κ1) is 45.0. The molecule has 4 aromatic rings. The van der Waals surface area contributed by atoms with Crippen molar-refractivity contribution < 1.29 is 65.2 Å². The molecule has 4 aliphatic heterocycles. The minimum Gasteiger partial charge on any atom is -0.491 e. The number of nitrogens with zero attached hydrogens (tertiary/aromatic N) is 6. The number of rotatable bonds is 2. The summed E-state index contributed by atoms with van der Waals surface area (Å²) in [4.78, 5) is 50.4. The number of ether oxygens (including phenoxy) is 2. The van der Waals surface area contributed by atoms with Gasteiger partial charge in [-0.15, -0.1) is 0 Å². The molecule has 6 heterocycles. The summed E-state index contributed by atoms with van der Waals surface area (Å²) in [5.41, 5.74) is 2.96. The molecule has 8 rings (SSSR count). The Morgan fingerprint density at radius 2 is 1.06 bits per heavy atom. The first-order valence-corrected chi connectivity index (χ1v) is 19.4. The molecule has 2 aromatic heterocycles. The zero-order valence-electron chi connectivity index (χ0n) is 34.3. The Balaban J connectivity index is 0.000000191. The third-order valence-corrected chi connectivity index (χ3v) is 11.0. The van der Waals surface area contributed by atoms with Crippen molar-refractivity contribution in [1.29, 1.82) is 0 Å². The number of likely N-dealkylation sites (tertiary alicyclic amines) is 2. The highest BCUT2D eigenvalue weighted by Gasteiger charge is 2.47. The molecule has 4 atom stereocenters. The van der Waals surface area contributed by atoms with Crippen LogP contribution in [0, 0.1) is 23.7 Å². The SMILES string of the molecule is C[C@@H]1COc2ccc(C#C[C@]3(O)CCN(C)C3=O)cc2-n2nc(C(N)=O)c(C(F)(F)F)c21.C[C@H]1COc2ccc(C#C[C@]3(O)CCN(C)C3=O)cc2-n2nc(C(N)=O)c(C(F)(F)F)c21. The number of fused-ring (bicyclic) bond motifs is 6. The van der Waals surface area contributed by atoms with Gasteiger partial charge in [-0.1, -0.05) is 37.5 Å². The number of nitrogens with two attached hydrogens (primary N) is 2. The number of aliphatic hydroxyl groups is 2. The molecule has 0 saturated carbocycles. The normalized spacial score (nSPS) is 22.4. The Kier molecular flexibility index (Phi) is 11.2. The summed E-state index contributed by atoms with van der Waals surface area (Å²) in [7, 11) is 3.10. The number of carbonyl (C=O) groups is 4. The Morgan fingerprint density at radius 3 is 1.36 bits per heavy atom. The van der Waals surface area contributed by atoms with Gasteiger partial charge in [0.15, 0.2) is 11.4 Å². The van der Waals surface area contributed by atoms with E-state index in [1.807, 2.05) is 0 Å². The van der Waals surface area contributed by atoms with E-state index in [4.69, 9.17) is 20.9 Å². The molecule has 0 radical (unpaired) electrons. The van der Waals surface area contributed by atoms with Gasteiger partial charge in [-0.2, -0.15) is 36.5 Å². The van der Waals surface area contributed by atoms with Gasteiger partial charge in [0.1, 0.15) is 34.0 Å². The summed E-state index contributed by atoms with van der Waals surface area (Å²) in [6.45, 7) is 3.60. The van der Waals surface area contributed by atoms with Crippen LogP contribution in [0.5, 0.6) is 11.5 Å². The average Bonchev–Trinajstić information content (AvgIpc) is 3.94. The number of aromatic nitrogens is 4. The number of halogens is 6. The molecule has 6 N–H and O–H groups in total. The Bertz CT molecular complexity index is 2570. The smallest absolute Gasteiger partial charge is 0.420 e. The van der Waals surface area contributed by atoms with Gasteiger partial charge >= 0.3 is 12.4 Å². The fourth-order valence-corrected chi connectivity index (χ4v) is 7.69. The third kappa shape index (κ3) is 8.05. The maximum absolute atomic E-state index is 13.8. The number of hydrogen-bond acceptors (Lipinski definition) is 10. The van der Waals surface area contributed by atoms with Crippen LogP contribution in [0.25, 0.3) is 11.4 Å². The maximum atomic E-state index is 13.8. The molecule has 2 saturated heterocycles. The van der Waals surface area contributed by atoms with Crippen molar-refractivity contribution in [2.24, 2.45) is 11.5 Å². The second kappa shape index (κ2) is 15.9. The lowest BCUT2D eigenvalue weighted by atomic mass is 10.0. The molecule has 0 aliphatic carbocycles. The highest BCUT2D eigenvalue weighted by molar-refractivity contribution is 5.94. The van der Waals surface area contributed by atoms with E-state index in [1.165, 1.54) is 47.9 Å². The Labute approximate surface area is 359 Å². The van der Waals surface area contributed by atoms with Crippen molar-refractivity contribution in [2.75, 3.05) is 40.4 Å². The number of benzene rings is 2. The van der Waals surface area contributed by atoms with E-state index >= 15 is 0 Å². The number of carbonyl (C=O) groups excluding carboxylic acids is 4. The van der Waals surface area contributed by atoms with Crippen LogP contribution in [-0.2, 0) is 21.9 Å².